The molecule has 1 heterocycles. The van der Waals surface area contributed by atoms with Crippen LogP contribution in [0.15, 0.2) is 6.07 Å². The first-order chi connectivity index (χ1) is 8.60. The van der Waals surface area contributed by atoms with Crippen molar-refractivity contribution in [3.05, 3.63) is 17.5 Å². The third kappa shape index (κ3) is 3.96. The molecule has 1 rings (SSSR count). The first kappa shape index (κ1) is 14.4. The van der Waals surface area contributed by atoms with E-state index < -0.39 is 0 Å². The smallest absolute Gasteiger partial charge is 0.239 e. The highest BCUT2D eigenvalue weighted by molar-refractivity contribution is 5.80. The molecule has 0 saturated heterocycles. The van der Waals surface area contributed by atoms with Crippen LogP contribution < -0.4 is 16.0 Å². The van der Waals surface area contributed by atoms with Gasteiger partial charge in [0.25, 0.3) is 0 Å². The molecule has 18 heavy (non-hydrogen) atoms. The van der Waals surface area contributed by atoms with Gasteiger partial charge in [0.05, 0.1) is 12.2 Å². The molecule has 0 saturated carbocycles. The fraction of sp³-hybridized carbons (Fsp3) is 0.583. The maximum absolute atomic E-state index is 11.5. The average molecular weight is 251 g/mol. The molecule has 0 radical (unpaired) electrons. The van der Waals surface area contributed by atoms with Gasteiger partial charge in [0, 0.05) is 25.8 Å². The van der Waals surface area contributed by atoms with Crippen molar-refractivity contribution in [2.45, 2.75) is 26.8 Å². The van der Waals surface area contributed by atoms with E-state index in [-0.39, 0.29) is 12.5 Å². The number of likely N-dealkylation sites (N-methyl/N-ethyl adjacent to an activating group) is 1. The number of hydrogen-bond acceptors (Lipinski definition) is 5. The minimum Gasteiger partial charge on any atom is -0.358 e. The Hall–Kier alpha value is -1.69. The predicted molar refractivity (Wildman–Crippen MR) is 71.2 cm³/mol. The first-order valence-electron chi connectivity index (χ1n) is 6.10. The lowest BCUT2D eigenvalue weighted by Crippen LogP contribution is -2.37. The number of aryl methyl sites for hydroxylation is 1. The molecule has 0 aliphatic rings. The fourth-order valence-corrected chi connectivity index (χ4v) is 1.63. The average Bonchev–Trinajstić information content (AvgIpc) is 2.37. The van der Waals surface area contributed by atoms with Gasteiger partial charge in [-0.3, -0.25) is 4.79 Å². The summed E-state index contributed by atoms with van der Waals surface area (Å²) in [6.07, 6.45) is 0.923. The lowest BCUT2D eigenvalue weighted by Gasteiger charge is -2.21. The van der Waals surface area contributed by atoms with Crippen molar-refractivity contribution in [1.82, 2.24) is 15.3 Å². The standard InChI is InChI=1S/C12H21N5O/c1-4-5-17(8-11(18)14-3)12-15-9(2)6-10(7-13)16-12/h6H,4-5,7-8,13H2,1-3H3,(H,14,18). The number of nitrogens with zero attached hydrogens (tertiary/aromatic N) is 3. The number of nitrogens with one attached hydrogen (secondary N) is 1. The van der Waals surface area contributed by atoms with E-state index >= 15 is 0 Å². The molecule has 1 aromatic rings. The molecule has 1 amide bonds. The minimum atomic E-state index is -0.0529. The van der Waals surface area contributed by atoms with E-state index in [0.29, 0.717) is 12.5 Å². The quantitative estimate of drug-likeness (QED) is 0.755. The Morgan fingerprint density at radius 2 is 2.22 bits per heavy atom. The Bertz CT molecular complexity index is 407. The van der Waals surface area contributed by atoms with Crippen LogP contribution in [0.3, 0.4) is 0 Å². The maximum Gasteiger partial charge on any atom is 0.239 e. The molecular formula is C12H21N5O. The van der Waals surface area contributed by atoms with Crippen LogP contribution in [-0.2, 0) is 11.3 Å². The predicted octanol–water partition coefficient (Wildman–Crippen LogP) is 0.206. The molecule has 0 atom stereocenters. The fourth-order valence-electron chi connectivity index (χ4n) is 1.63. The van der Waals surface area contributed by atoms with E-state index in [2.05, 4.69) is 22.2 Å². The zero-order valence-corrected chi connectivity index (χ0v) is 11.2. The van der Waals surface area contributed by atoms with E-state index in [1.807, 2.05) is 17.9 Å². The van der Waals surface area contributed by atoms with Crippen LogP contribution in [0.2, 0.25) is 0 Å². The number of nitrogens with two attached hydrogens (primary N) is 1. The van der Waals surface area contributed by atoms with Gasteiger partial charge < -0.3 is 16.0 Å². The first-order valence-corrected chi connectivity index (χ1v) is 6.10. The lowest BCUT2D eigenvalue weighted by molar-refractivity contribution is -0.119. The van der Waals surface area contributed by atoms with E-state index in [0.717, 1.165) is 24.4 Å². The second-order valence-electron chi connectivity index (χ2n) is 4.10. The van der Waals surface area contributed by atoms with Gasteiger partial charge in [-0.1, -0.05) is 6.92 Å². The second kappa shape index (κ2) is 6.90. The van der Waals surface area contributed by atoms with Crippen LogP contribution in [0.25, 0.3) is 0 Å². The molecule has 6 nitrogen and oxygen atoms in total. The Morgan fingerprint density at radius 3 is 2.78 bits per heavy atom. The number of hydrogen-bond donors (Lipinski definition) is 2. The zero-order valence-electron chi connectivity index (χ0n) is 11.2. The molecule has 0 aromatic carbocycles. The van der Waals surface area contributed by atoms with Gasteiger partial charge in [0.1, 0.15) is 0 Å². The van der Waals surface area contributed by atoms with Crippen LogP contribution in [0.1, 0.15) is 24.7 Å². The Morgan fingerprint density at radius 1 is 1.50 bits per heavy atom. The SMILES string of the molecule is CCCN(CC(=O)NC)c1nc(C)cc(CN)n1. The van der Waals surface area contributed by atoms with E-state index in [4.69, 9.17) is 5.73 Å². The molecule has 0 fully saturated rings. The number of rotatable bonds is 6. The minimum absolute atomic E-state index is 0.0529. The monoisotopic (exact) mass is 251 g/mol. The zero-order chi connectivity index (χ0) is 13.5. The molecule has 6 heteroatoms. The molecular weight excluding hydrogens is 230 g/mol. The van der Waals surface area contributed by atoms with Crippen LogP contribution in [0, 0.1) is 6.92 Å². The summed E-state index contributed by atoms with van der Waals surface area (Å²) >= 11 is 0. The largest absolute Gasteiger partial charge is 0.358 e. The highest BCUT2D eigenvalue weighted by atomic mass is 16.1. The van der Waals surface area contributed by atoms with E-state index in [9.17, 15) is 4.79 Å². The Labute approximate surface area is 108 Å². The third-order valence-corrected chi connectivity index (χ3v) is 2.49. The Balaban J connectivity index is 2.96. The Kier molecular flexibility index (Phi) is 5.51. The topological polar surface area (TPSA) is 84.1 Å². The number of aromatic nitrogens is 2. The van der Waals surface area contributed by atoms with Crippen molar-refractivity contribution in [2.24, 2.45) is 5.73 Å². The summed E-state index contributed by atoms with van der Waals surface area (Å²) in [5.74, 6) is 0.517. The molecule has 0 spiro atoms. The molecule has 0 unspecified atom stereocenters. The van der Waals surface area contributed by atoms with Crippen molar-refractivity contribution in [3.8, 4) is 0 Å². The highest BCUT2D eigenvalue weighted by Gasteiger charge is 2.13. The summed E-state index contributed by atoms with van der Waals surface area (Å²) in [4.78, 5) is 22.1. The molecule has 0 aliphatic carbocycles. The maximum atomic E-state index is 11.5. The summed E-state index contributed by atoms with van der Waals surface area (Å²) in [7, 11) is 1.62. The van der Waals surface area contributed by atoms with Gasteiger partial charge in [-0.05, 0) is 19.4 Å². The molecule has 3 N–H and O–H groups in total. The van der Waals surface area contributed by atoms with Gasteiger partial charge in [0.15, 0.2) is 0 Å². The molecule has 0 bridgehead atoms. The summed E-state index contributed by atoms with van der Waals surface area (Å²) < 4.78 is 0. The summed E-state index contributed by atoms with van der Waals surface area (Å²) in [6.45, 7) is 5.32. The van der Waals surface area contributed by atoms with Crippen molar-refractivity contribution >= 4 is 11.9 Å². The number of carbonyl (C=O) groups excluding carboxylic acids is 1. The van der Waals surface area contributed by atoms with Crippen LogP contribution in [0.5, 0.6) is 0 Å². The second-order valence-corrected chi connectivity index (χ2v) is 4.10. The van der Waals surface area contributed by atoms with Crippen LogP contribution >= 0.6 is 0 Å². The van der Waals surface area contributed by atoms with Crippen LogP contribution in [0.4, 0.5) is 5.95 Å². The van der Waals surface area contributed by atoms with Gasteiger partial charge in [-0.15, -0.1) is 0 Å². The van der Waals surface area contributed by atoms with Crippen molar-refractivity contribution < 1.29 is 4.79 Å². The van der Waals surface area contributed by atoms with Crippen LogP contribution in [-0.4, -0.2) is 36.0 Å². The van der Waals surface area contributed by atoms with Gasteiger partial charge in [-0.2, -0.15) is 0 Å². The molecule has 1 aromatic heterocycles. The van der Waals surface area contributed by atoms with Crippen molar-refractivity contribution in [3.63, 3.8) is 0 Å². The normalized spacial score (nSPS) is 10.2. The van der Waals surface area contributed by atoms with Gasteiger partial charge in [-0.25, -0.2) is 9.97 Å². The molecule has 0 aliphatic heterocycles. The number of carbonyl (C=O) groups is 1. The van der Waals surface area contributed by atoms with E-state index in [1.165, 1.54) is 0 Å². The van der Waals surface area contributed by atoms with Gasteiger partial charge in [0.2, 0.25) is 11.9 Å². The highest BCUT2D eigenvalue weighted by Crippen LogP contribution is 2.10. The van der Waals surface area contributed by atoms with Crippen molar-refractivity contribution in [2.75, 3.05) is 25.0 Å². The number of amides is 1. The summed E-state index contributed by atoms with van der Waals surface area (Å²) in [5, 5.41) is 2.61. The third-order valence-electron chi connectivity index (χ3n) is 2.49. The summed E-state index contributed by atoms with van der Waals surface area (Å²) in [5.41, 5.74) is 7.25. The summed E-state index contributed by atoms with van der Waals surface area (Å²) in [6, 6.07) is 1.85. The van der Waals surface area contributed by atoms with Gasteiger partial charge >= 0.3 is 0 Å². The van der Waals surface area contributed by atoms with Crippen molar-refractivity contribution in [1.29, 1.82) is 0 Å². The number of anilines is 1. The molecule has 100 valence electrons. The van der Waals surface area contributed by atoms with E-state index in [1.54, 1.807) is 7.05 Å². The lowest BCUT2D eigenvalue weighted by atomic mass is 10.3.